The van der Waals surface area contributed by atoms with Gasteiger partial charge in [-0.3, -0.25) is 9.59 Å². The molecule has 3 aliphatic carbocycles. The number of fused-ring (bicyclic) bond motifs is 2. The fourth-order valence-electron chi connectivity index (χ4n) is 6.03. The highest BCUT2D eigenvalue weighted by atomic mass is 16.5. The number of Topliss-reactive ketones (excluding diaryl/α,β-unsaturated/α-hetero) is 2. The van der Waals surface area contributed by atoms with E-state index < -0.39 is 35.1 Å². The first-order valence-corrected chi connectivity index (χ1v) is 10.2. The summed E-state index contributed by atoms with van der Waals surface area (Å²) in [6, 6.07) is 0. The van der Waals surface area contributed by atoms with Crippen molar-refractivity contribution in [1.29, 1.82) is 0 Å². The summed E-state index contributed by atoms with van der Waals surface area (Å²) in [5.74, 6) is -2.65. The van der Waals surface area contributed by atoms with Gasteiger partial charge < -0.3 is 20.1 Å². The van der Waals surface area contributed by atoms with Gasteiger partial charge in [-0.15, -0.1) is 0 Å². The van der Waals surface area contributed by atoms with Gasteiger partial charge in [0.2, 0.25) is 11.6 Å². The molecule has 0 amide bonds. The molecule has 0 spiro atoms. The molecule has 1 saturated carbocycles. The zero-order valence-electron chi connectivity index (χ0n) is 17.4. The van der Waals surface area contributed by atoms with Crippen LogP contribution in [0.5, 0.6) is 0 Å². The molecule has 0 aromatic heterocycles. The summed E-state index contributed by atoms with van der Waals surface area (Å²) in [5, 5.41) is 31.9. The van der Waals surface area contributed by atoms with Crippen LogP contribution >= 0.6 is 0 Å². The number of hydrogen-bond donors (Lipinski definition) is 3. The summed E-state index contributed by atoms with van der Waals surface area (Å²) in [7, 11) is 0. The SMILES string of the molecule is CCO[C@H]1C2=C(C(=O)C(=O)C([C@H](C)CO)=C2O)[C@@]2(C)CCCC(C)(C)[C@H]2[C@@H]1O. The van der Waals surface area contributed by atoms with Gasteiger partial charge in [0.25, 0.3) is 0 Å². The topological polar surface area (TPSA) is 104 Å². The Kier molecular flexibility index (Phi) is 5.36. The third-order valence-corrected chi connectivity index (χ3v) is 7.12. The van der Waals surface area contributed by atoms with Crippen LogP contribution in [0.3, 0.4) is 0 Å². The van der Waals surface area contributed by atoms with Crippen LogP contribution in [0.4, 0.5) is 0 Å². The highest BCUT2D eigenvalue weighted by Gasteiger charge is 2.61. The lowest BCUT2D eigenvalue weighted by Gasteiger charge is -2.58. The maximum atomic E-state index is 13.3. The van der Waals surface area contributed by atoms with E-state index in [-0.39, 0.29) is 34.8 Å². The number of aliphatic hydroxyl groups excluding tert-OH is 3. The summed E-state index contributed by atoms with van der Waals surface area (Å²) in [6.07, 6.45) is 0.644. The maximum Gasteiger partial charge on any atom is 0.233 e. The van der Waals surface area contributed by atoms with Crippen molar-refractivity contribution in [2.45, 2.75) is 66.1 Å². The molecular weight excluding hydrogens is 360 g/mol. The van der Waals surface area contributed by atoms with Gasteiger partial charge in [-0.1, -0.05) is 34.1 Å². The van der Waals surface area contributed by atoms with Crippen molar-refractivity contribution in [3.05, 3.63) is 22.5 Å². The predicted molar refractivity (Wildman–Crippen MR) is 104 cm³/mol. The van der Waals surface area contributed by atoms with Crippen LogP contribution in [0, 0.1) is 22.7 Å². The van der Waals surface area contributed by atoms with Crippen molar-refractivity contribution in [3.8, 4) is 0 Å². The van der Waals surface area contributed by atoms with Gasteiger partial charge in [0.15, 0.2) is 0 Å². The van der Waals surface area contributed by atoms with Crippen molar-refractivity contribution in [2.24, 2.45) is 22.7 Å². The lowest BCUT2D eigenvalue weighted by Crippen LogP contribution is -2.60. The Morgan fingerprint density at radius 3 is 2.39 bits per heavy atom. The molecule has 6 heteroatoms. The average molecular weight is 392 g/mol. The molecule has 0 aromatic carbocycles. The maximum absolute atomic E-state index is 13.3. The minimum atomic E-state index is -0.909. The Bertz CT molecular complexity index is 761. The quantitative estimate of drug-likeness (QED) is 0.502. The van der Waals surface area contributed by atoms with Crippen LogP contribution < -0.4 is 0 Å². The molecule has 6 nitrogen and oxygen atoms in total. The molecular formula is C22H32O6. The lowest BCUT2D eigenvalue weighted by molar-refractivity contribution is -0.146. The summed E-state index contributed by atoms with van der Waals surface area (Å²) in [6.45, 7) is 9.40. The molecule has 3 aliphatic rings. The Morgan fingerprint density at radius 2 is 1.82 bits per heavy atom. The van der Waals surface area contributed by atoms with Gasteiger partial charge >= 0.3 is 0 Å². The molecule has 0 aromatic rings. The van der Waals surface area contributed by atoms with Crippen LogP contribution in [0.2, 0.25) is 0 Å². The second kappa shape index (κ2) is 7.08. The standard InChI is InChI=1S/C22H32O6/c1-6-28-19-13-14(17(26)16(25)12(15(13)24)11(2)10-23)22(5)9-7-8-21(3,4)20(22)18(19)27/h11,18-20,23-24,27H,6-10H2,1-5H3/t11-,18-,19+,20-,22-/m1/s1. The molecule has 28 heavy (non-hydrogen) atoms. The molecule has 0 unspecified atom stereocenters. The van der Waals surface area contributed by atoms with Crippen molar-refractivity contribution in [1.82, 2.24) is 0 Å². The minimum absolute atomic E-state index is 0.0831. The van der Waals surface area contributed by atoms with E-state index in [2.05, 4.69) is 13.8 Å². The van der Waals surface area contributed by atoms with Crippen LogP contribution in [-0.2, 0) is 14.3 Å². The number of allylic oxidation sites excluding steroid dienone is 1. The van der Waals surface area contributed by atoms with E-state index in [9.17, 15) is 24.9 Å². The molecule has 1 fully saturated rings. The van der Waals surface area contributed by atoms with E-state index in [4.69, 9.17) is 4.74 Å². The summed E-state index contributed by atoms with van der Waals surface area (Å²) in [4.78, 5) is 26.2. The van der Waals surface area contributed by atoms with E-state index in [0.29, 0.717) is 18.6 Å². The van der Waals surface area contributed by atoms with Crippen LogP contribution in [0.15, 0.2) is 22.5 Å². The number of ketones is 2. The van der Waals surface area contributed by atoms with Crippen molar-refractivity contribution in [3.63, 3.8) is 0 Å². The first-order valence-electron chi connectivity index (χ1n) is 10.2. The van der Waals surface area contributed by atoms with Gasteiger partial charge in [0, 0.05) is 41.6 Å². The van der Waals surface area contributed by atoms with E-state index in [0.717, 1.165) is 12.8 Å². The number of carbonyl (C=O) groups is 2. The Hall–Kier alpha value is -1.50. The number of ether oxygens (including phenoxy) is 1. The van der Waals surface area contributed by atoms with Crippen LogP contribution in [0.1, 0.15) is 53.9 Å². The van der Waals surface area contributed by atoms with Gasteiger partial charge in [-0.25, -0.2) is 0 Å². The van der Waals surface area contributed by atoms with Gasteiger partial charge in [0.05, 0.1) is 11.7 Å². The molecule has 156 valence electrons. The minimum Gasteiger partial charge on any atom is -0.507 e. The lowest BCUT2D eigenvalue weighted by atomic mass is 9.47. The Balaban J connectivity index is 2.33. The predicted octanol–water partition coefficient (Wildman–Crippen LogP) is 2.49. The Morgan fingerprint density at radius 1 is 1.18 bits per heavy atom. The monoisotopic (exact) mass is 392 g/mol. The Labute approximate surface area is 166 Å². The van der Waals surface area contributed by atoms with Gasteiger partial charge in [0.1, 0.15) is 11.9 Å². The highest BCUT2D eigenvalue weighted by Crippen LogP contribution is 2.61. The second-order valence-corrected chi connectivity index (χ2v) is 9.40. The van der Waals surface area contributed by atoms with E-state index in [1.54, 1.807) is 13.8 Å². The summed E-state index contributed by atoms with van der Waals surface area (Å²) in [5.41, 5.74) is -0.517. The van der Waals surface area contributed by atoms with E-state index in [1.165, 1.54) is 0 Å². The molecule has 0 bridgehead atoms. The van der Waals surface area contributed by atoms with Gasteiger partial charge in [-0.2, -0.15) is 0 Å². The fraction of sp³-hybridized carbons (Fsp3) is 0.727. The number of hydrogen-bond acceptors (Lipinski definition) is 6. The first-order chi connectivity index (χ1) is 13.0. The summed E-state index contributed by atoms with van der Waals surface area (Å²) < 4.78 is 5.84. The first kappa shape index (κ1) is 21.2. The number of carbonyl (C=O) groups excluding carboxylic acids is 2. The molecule has 3 N–H and O–H groups in total. The zero-order valence-corrected chi connectivity index (χ0v) is 17.4. The number of aliphatic hydroxyl groups is 3. The third-order valence-electron chi connectivity index (χ3n) is 7.12. The average Bonchev–Trinajstić information content (AvgIpc) is 2.61. The summed E-state index contributed by atoms with van der Waals surface area (Å²) >= 11 is 0. The molecule has 0 saturated heterocycles. The zero-order chi connectivity index (χ0) is 21.0. The van der Waals surface area contributed by atoms with Crippen LogP contribution in [0.25, 0.3) is 0 Å². The van der Waals surface area contributed by atoms with Crippen molar-refractivity contribution < 1.29 is 29.6 Å². The molecule has 3 rings (SSSR count). The normalized spacial score (nSPS) is 36.3. The highest BCUT2D eigenvalue weighted by molar-refractivity contribution is 6.50. The largest absolute Gasteiger partial charge is 0.507 e. The van der Waals surface area contributed by atoms with Crippen molar-refractivity contribution in [2.75, 3.05) is 13.2 Å². The second-order valence-electron chi connectivity index (χ2n) is 9.40. The smallest absolute Gasteiger partial charge is 0.233 e. The molecule has 0 heterocycles. The van der Waals surface area contributed by atoms with E-state index >= 15 is 0 Å². The van der Waals surface area contributed by atoms with E-state index in [1.807, 2.05) is 6.92 Å². The van der Waals surface area contributed by atoms with Crippen molar-refractivity contribution >= 4 is 11.6 Å². The number of rotatable bonds is 4. The molecule has 0 aliphatic heterocycles. The third kappa shape index (κ3) is 2.80. The molecule has 0 radical (unpaired) electrons. The molecule has 5 atom stereocenters. The van der Waals surface area contributed by atoms with Gasteiger partial charge in [-0.05, 0) is 25.2 Å². The van der Waals surface area contributed by atoms with Crippen LogP contribution in [-0.4, -0.2) is 52.3 Å². The fourth-order valence-corrected chi connectivity index (χ4v) is 6.03.